The first-order valence-corrected chi connectivity index (χ1v) is 30.8. The third kappa shape index (κ3) is 31.7. The Hall–Kier alpha value is 0.490. The molecule has 0 aromatic heterocycles. The summed E-state index contributed by atoms with van der Waals surface area (Å²) in [5.74, 6) is 0. The van der Waals surface area contributed by atoms with Gasteiger partial charge in [0.2, 0.25) is 0 Å². The highest BCUT2D eigenvalue weighted by Crippen LogP contribution is 2.49. The lowest BCUT2D eigenvalue weighted by Crippen LogP contribution is -2.32. The molecule has 12 nitrogen and oxygen atoms in total. The van der Waals surface area contributed by atoms with E-state index in [0.717, 1.165) is 173 Å². The van der Waals surface area contributed by atoms with E-state index in [1.807, 2.05) is 0 Å². The first-order chi connectivity index (χ1) is 31.6. The van der Waals surface area contributed by atoms with Gasteiger partial charge in [0.1, 0.15) is 12.2 Å². The average molecular weight is 1010 g/mol. The van der Waals surface area contributed by atoms with Gasteiger partial charge in [0.15, 0.2) is 0 Å². The standard InChI is InChI=1S/C51H107O12P3/c1-10-19-28-49(29-20-11-2,30-21-12-3)43-57-37-46(52)38-60-65(53,54)62-47(39-58-44-50(31-22-13-4,32-23-14-5)33-24-15-6)41-61-66(55,56)63-48(42-64)40-59-45-51(34-25-16-7,35-26-17-8)36-27-18-9/h46-48,52H,10-45,64H2,1-9H3,(H,53,54)(H,55,56). The second-order valence-electron chi connectivity index (χ2n) is 19.9. The van der Waals surface area contributed by atoms with E-state index in [1.54, 1.807) is 0 Å². The summed E-state index contributed by atoms with van der Waals surface area (Å²) < 4.78 is 67.9. The molecule has 6 unspecified atom stereocenters. The molecule has 15 heteroatoms. The Kier molecular flexibility index (Phi) is 40.3. The number of aliphatic hydroxyl groups is 1. The maximum Gasteiger partial charge on any atom is 0.472 e. The maximum atomic E-state index is 13.5. The molecule has 0 heterocycles. The van der Waals surface area contributed by atoms with Crippen molar-refractivity contribution in [2.24, 2.45) is 16.2 Å². The van der Waals surface area contributed by atoms with E-state index in [4.69, 9.17) is 32.3 Å². The van der Waals surface area contributed by atoms with Crippen LogP contribution in [0.2, 0.25) is 0 Å². The summed E-state index contributed by atoms with van der Waals surface area (Å²) >= 11 is 0. The molecule has 0 fully saturated rings. The minimum absolute atomic E-state index is 0.0356. The molecule has 0 radical (unpaired) electrons. The van der Waals surface area contributed by atoms with Crippen molar-refractivity contribution < 1.29 is 56.3 Å². The van der Waals surface area contributed by atoms with Crippen molar-refractivity contribution >= 4 is 24.9 Å². The number of hydrogen-bond donors (Lipinski definition) is 3. The summed E-state index contributed by atoms with van der Waals surface area (Å²) in [5.41, 5.74) is 0.0271. The highest BCUT2D eigenvalue weighted by Gasteiger charge is 2.36. The van der Waals surface area contributed by atoms with Crippen molar-refractivity contribution in [3.8, 4) is 0 Å². The van der Waals surface area contributed by atoms with Gasteiger partial charge >= 0.3 is 15.6 Å². The van der Waals surface area contributed by atoms with Gasteiger partial charge in [0.05, 0.1) is 59.0 Å². The molecule has 0 saturated carbocycles. The summed E-state index contributed by atoms with van der Waals surface area (Å²) in [4.78, 5) is 22.0. The third-order valence-electron chi connectivity index (χ3n) is 13.4. The van der Waals surface area contributed by atoms with Crippen molar-refractivity contribution in [3.63, 3.8) is 0 Å². The monoisotopic (exact) mass is 1000 g/mol. The van der Waals surface area contributed by atoms with E-state index in [9.17, 15) is 24.0 Å². The molecular weight excluding hydrogens is 897 g/mol. The van der Waals surface area contributed by atoms with E-state index in [1.165, 1.54) is 0 Å². The minimum atomic E-state index is -4.83. The van der Waals surface area contributed by atoms with Crippen LogP contribution in [-0.4, -0.2) is 92.2 Å². The number of unbranched alkanes of at least 4 members (excludes halogenated alkanes) is 9. The second-order valence-corrected chi connectivity index (χ2v) is 23.1. The van der Waals surface area contributed by atoms with E-state index < -0.39 is 47.2 Å². The fourth-order valence-electron chi connectivity index (χ4n) is 9.06. The highest BCUT2D eigenvalue weighted by atomic mass is 31.2. The number of rotatable bonds is 50. The van der Waals surface area contributed by atoms with Crippen LogP contribution in [0.4, 0.5) is 0 Å². The number of phosphoric acid groups is 2. The van der Waals surface area contributed by atoms with Gasteiger partial charge in [-0.15, -0.1) is 9.24 Å². The Balaban J connectivity index is 6.08. The van der Waals surface area contributed by atoms with Crippen molar-refractivity contribution in [1.82, 2.24) is 0 Å². The minimum Gasteiger partial charge on any atom is -0.388 e. The van der Waals surface area contributed by atoms with Gasteiger partial charge in [0, 0.05) is 0 Å². The zero-order valence-corrected chi connectivity index (χ0v) is 47.1. The summed E-state index contributed by atoms with van der Waals surface area (Å²) in [6.45, 7) is 20.0. The molecule has 0 bridgehead atoms. The first-order valence-electron chi connectivity index (χ1n) is 27.0. The molecule has 398 valence electrons. The second kappa shape index (κ2) is 40.0. The fourth-order valence-corrected chi connectivity index (χ4v) is 11.3. The summed E-state index contributed by atoms with van der Waals surface area (Å²) in [7, 11) is -6.97. The fraction of sp³-hybridized carbons (Fsp3) is 1.00. The molecule has 0 aromatic carbocycles. The molecule has 3 N–H and O–H groups in total. The number of hydrogen-bond acceptors (Lipinski definition) is 10. The van der Waals surface area contributed by atoms with Crippen LogP contribution in [0.25, 0.3) is 0 Å². The van der Waals surface area contributed by atoms with Crippen molar-refractivity contribution in [2.75, 3.05) is 59.0 Å². The van der Waals surface area contributed by atoms with Crippen LogP contribution in [0.3, 0.4) is 0 Å². The van der Waals surface area contributed by atoms with E-state index >= 15 is 0 Å². The Morgan fingerprint density at radius 3 is 0.955 bits per heavy atom. The van der Waals surface area contributed by atoms with E-state index in [-0.39, 0.29) is 36.1 Å². The molecule has 0 aliphatic rings. The topological polar surface area (TPSA) is 159 Å². The van der Waals surface area contributed by atoms with Gasteiger partial charge in [-0.2, -0.15) is 0 Å². The van der Waals surface area contributed by atoms with Crippen LogP contribution in [0.5, 0.6) is 0 Å². The van der Waals surface area contributed by atoms with Gasteiger partial charge in [-0.3, -0.25) is 18.1 Å². The highest BCUT2D eigenvalue weighted by molar-refractivity contribution is 7.47. The summed E-state index contributed by atoms with van der Waals surface area (Å²) in [5, 5.41) is 10.9. The molecule has 0 rings (SSSR count). The predicted octanol–water partition coefficient (Wildman–Crippen LogP) is 14.9. The van der Waals surface area contributed by atoms with Crippen LogP contribution < -0.4 is 0 Å². The van der Waals surface area contributed by atoms with Crippen LogP contribution in [0, 0.1) is 16.2 Å². The number of aliphatic hydroxyl groups excluding tert-OH is 1. The van der Waals surface area contributed by atoms with Crippen molar-refractivity contribution in [3.05, 3.63) is 0 Å². The molecule has 0 aromatic rings. The van der Waals surface area contributed by atoms with Crippen LogP contribution >= 0.6 is 24.9 Å². The Morgan fingerprint density at radius 2 is 0.667 bits per heavy atom. The molecular formula is C51H107O12P3. The molecule has 66 heavy (non-hydrogen) atoms. The molecule has 0 saturated heterocycles. The number of phosphoric ester groups is 2. The molecule has 0 aliphatic heterocycles. The third-order valence-corrected chi connectivity index (χ3v) is 16.0. The van der Waals surface area contributed by atoms with Gasteiger partial charge in [-0.1, -0.05) is 178 Å². The number of ether oxygens (including phenoxy) is 3. The van der Waals surface area contributed by atoms with Gasteiger partial charge < -0.3 is 29.1 Å². The summed E-state index contributed by atoms with van der Waals surface area (Å²) in [6.07, 6.45) is 26.3. The molecule has 0 spiro atoms. The van der Waals surface area contributed by atoms with Gasteiger partial charge in [0.25, 0.3) is 0 Å². The predicted molar refractivity (Wildman–Crippen MR) is 277 cm³/mol. The van der Waals surface area contributed by atoms with E-state index in [2.05, 4.69) is 71.6 Å². The Bertz CT molecular complexity index is 1150. The van der Waals surface area contributed by atoms with Crippen LogP contribution in [0.1, 0.15) is 236 Å². The average Bonchev–Trinajstić information content (AvgIpc) is 3.30. The van der Waals surface area contributed by atoms with Crippen molar-refractivity contribution in [1.29, 1.82) is 0 Å². The van der Waals surface area contributed by atoms with E-state index in [0.29, 0.717) is 26.0 Å². The largest absolute Gasteiger partial charge is 0.472 e. The van der Waals surface area contributed by atoms with Crippen LogP contribution in [-0.2, 0) is 41.4 Å². The first kappa shape index (κ1) is 66.5. The van der Waals surface area contributed by atoms with Crippen molar-refractivity contribution in [2.45, 2.75) is 254 Å². The van der Waals surface area contributed by atoms with Gasteiger partial charge in [-0.25, -0.2) is 9.13 Å². The quantitative estimate of drug-likeness (QED) is 0.0496. The lowest BCUT2D eigenvalue weighted by molar-refractivity contribution is -0.0506. The SMILES string of the molecule is CCCCC(CCCC)(CCCC)COCC(O)COP(=O)(O)OC(COCC(CCCC)(CCCC)CCCC)COP(=O)(O)OC(CP)COCC(CCCC)(CCCC)CCCC. The maximum absolute atomic E-state index is 13.5. The lowest BCUT2D eigenvalue weighted by atomic mass is 9.75. The molecule has 6 atom stereocenters. The Labute approximate surface area is 409 Å². The van der Waals surface area contributed by atoms with Gasteiger partial charge in [-0.05, 0) is 80.2 Å². The Morgan fingerprint density at radius 1 is 0.409 bits per heavy atom. The van der Waals surface area contributed by atoms with Crippen LogP contribution in [0.15, 0.2) is 0 Å². The normalized spacial score (nSPS) is 16.0. The zero-order chi connectivity index (χ0) is 49.6. The summed E-state index contributed by atoms with van der Waals surface area (Å²) in [6, 6.07) is 0. The molecule has 0 amide bonds. The zero-order valence-electron chi connectivity index (χ0n) is 44.2. The lowest BCUT2D eigenvalue weighted by Gasteiger charge is -2.35. The molecule has 0 aliphatic carbocycles. The smallest absolute Gasteiger partial charge is 0.388 e.